The number of hydrogen-bond acceptors (Lipinski definition) is 3. The second-order valence-corrected chi connectivity index (χ2v) is 6.11. The van der Waals surface area contributed by atoms with Crippen LogP contribution in [0.5, 0.6) is 5.75 Å². The first-order valence-corrected chi connectivity index (χ1v) is 7.77. The molecule has 1 aromatic carbocycles. The lowest BCUT2D eigenvalue weighted by atomic mass is 10.0. The van der Waals surface area contributed by atoms with Crippen molar-refractivity contribution in [3.63, 3.8) is 0 Å². The van der Waals surface area contributed by atoms with Gasteiger partial charge >= 0.3 is 0 Å². The van der Waals surface area contributed by atoms with Crippen molar-refractivity contribution in [2.75, 3.05) is 20.3 Å². The Bertz CT molecular complexity index is 477. The fourth-order valence-electron chi connectivity index (χ4n) is 2.53. The lowest BCUT2D eigenvalue weighted by Crippen LogP contribution is -2.33. The SMILES string of the molecule is COc1ccc(C(NC(=O)COCC2CC2)C2CC2)cc1. The summed E-state index contributed by atoms with van der Waals surface area (Å²) in [5.74, 6) is 2.08. The van der Waals surface area contributed by atoms with E-state index in [-0.39, 0.29) is 18.6 Å². The number of methoxy groups -OCH3 is 1. The second-order valence-electron chi connectivity index (χ2n) is 6.11. The van der Waals surface area contributed by atoms with Crippen LogP contribution in [0.15, 0.2) is 24.3 Å². The summed E-state index contributed by atoms with van der Waals surface area (Å²) < 4.78 is 10.6. The van der Waals surface area contributed by atoms with Gasteiger partial charge in [0.1, 0.15) is 12.4 Å². The molecule has 0 heterocycles. The summed E-state index contributed by atoms with van der Waals surface area (Å²) in [4.78, 5) is 12.0. The molecule has 2 saturated carbocycles. The Morgan fingerprint density at radius 2 is 1.95 bits per heavy atom. The van der Waals surface area contributed by atoms with E-state index in [4.69, 9.17) is 9.47 Å². The fourth-order valence-corrected chi connectivity index (χ4v) is 2.53. The maximum atomic E-state index is 12.0. The lowest BCUT2D eigenvalue weighted by Gasteiger charge is -2.19. The fraction of sp³-hybridized carbons (Fsp3) is 0.588. The van der Waals surface area contributed by atoms with E-state index in [0.717, 1.165) is 17.9 Å². The monoisotopic (exact) mass is 289 g/mol. The molecule has 0 aliphatic heterocycles. The van der Waals surface area contributed by atoms with E-state index >= 15 is 0 Å². The van der Waals surface area contributed by atoms with Gasteiger partial charge in [-0.1, -0.05) is 12.1 Å². The van der Waals surface area contributed by atoms with Crippen LogP contribution >= 0.6 is 0 Å². The predicted octanol–water partition coefficient (Wildman–Crippen LogP) is 2.69. The Hall–Kier alpha value is -1.55. The molecule has 1 N–H and O–H groups in total. The number of rotatable bonds is 8. The molecule has 1 amide bonds. The molecule has 0 aromatic heterocycles. The normalized spacial score (nSPS) is 19.1. The summed E-state index contributed by atoms with van der Waals surface area (Å²) in [6, 6.07) is 8.06. The van der Waals surface area contributed by atoms with Gasteiger partial charge in [0, 0.05) is 0 Å². The molecule has 114 valence electrons. The first kappa shape index (κ1) is 14.4. The number of ether oxygens (including phenoxy) is 2. The molecule has 2 fully saturated rings. The zero-order valence-electron chi connectivity index (χ0n) is 12.5. The maximum Gasteiger partial charge on any atom is 0.246 e. The zero-order chi connectivity index (χ0) is 14.7. The van der Waals surface area contributed by atoms with Gasteiger partial charge in [0.15, 0.2) is 0 Å². The Morgan fingerprint density at radius 1 is 1.24 bits per heavy atom. The molecular weight excluding hydrogens is 266 g/mol. The summed E-state index contributed by atoms with van der Waals surface area (Å²) in [6.45, 7) is 0.903. The summed E-state index contributed by atoms with van der Waals surface area (Å²) in [6.07, 6.45) is 4.86. The molecular formula is C17H23NO3. The van der Waals surface area contributed by atoms with Crippen molar-refractivity contribution in [1.29, 1.82) is 0 Å². The van der Waals surface area contributed by atoms with Gasteiger partial charge in [-0.15, -0.1) is 0 Å². The Labute approximate surface area is 125 Å². The van der Waals surface area contributed by atoms with Gasteiger partial charge in [0.05, 0.1) is 19.8 Å². The molecule has 1 aromatic rings. The average Bonchev–Trinajstić information content (AvgIpc) is 3.38. The molecule has 0 radical (unpaired) electrons. The highest BCUT2D eigenvalue weighted by molar-refractivity contribution is 5.77. The Kier molecular flexibility index (Phi) is 4.44. The standard InChI is InChI=1S/C17H23NO3/c1-20-15-8-6-14(7-9-15)17(13-4-5-13)18-16(19)11-21-10-12-2-3-12/h6-9,12-13,17H,2-5,10-11H2,1H3,(H,18,19). The number of benzene rings is 1. The Balaban J connectivity index is 1.54. The molecule has 0 bridgehead atoms. The number of carbonyl (C=O) groups is 1. The molecule has 4 nitrogen and oxygen atoms in total. The first-order valence-electron chi connectivity index (χ1n) is 7.77. The minimum absolute atomic E-state index is 0.0108. The van der Waals surface area contributed by atoms with Gasteiger partial charge in [-0.05, 0) is 55.2 Å². The van der Waals surface area contributed by atoms with Crippen LogP contribution in [-0.2, 0) is 9.53 Å². The van der Waals surface area contributed by atoms with Crippen molar-refractivity contribution in [3.05, 3.63) is 29.8 Å². The average molecular weight is 289 g/mol. The summed E-state index contributed by atoms with van der Waals surface area (Å²) in [5, 5.41) is 3.12. The molecule has 2 aliphatic rings. The van der Waals surface area contributed by atoms with E-state index < -0.39 is 0 Å². The van der Waals surface area contributed by atoms with E-state index in [1.807, 2.05) is 24.3 Å². The molecule has 21 heavy (non-hydrogen) atoms. The van der Waals surface area contributed by atoms with Gasteiger partial charge in [-0.25, -0.2) is 0 Å². The second kappa shape index (κ2) is 6.48. The number of amides is 1. The molecule has 1 unspecified atom stereocenters. The molecule has 4 heteroatoms. The van der Waals surface area contributed by atoms with Gasteiger partial charge < -0.3 is 14.8 Å². The van der Waals surface area contributed by atoms with Crippen molar-refractivity contribution in [2.24, 2.45) is 11.8 Å². The van der Waals surface area contributed by atoms with Crippen molar-refractivity contribution >= 4 is 5.91 Å². The van der Waals surface area contributed by atoms with Crippen LogP contribution in [0.4, 0.5) is 0 Å². The summed E-state index contributed by atoms with van der Waals surface area (Å²) in [7, 11) is 1.66. The van der Waals surface area contributed by atoms with E-state index in [9.17, 15) is 4.79 Å². The van der Waals surface area contributed by atoms with Crippen LogP contribution in [0.3, 0.4) is 0 Å². The minimum atomic E-state index is -0.0108. The van der Waals surface area contributed by atoms with Crippen LogP contribution in [0.25, 0.3) is 0 Å². The predicted molar refractivity (Wildman–Crippen MR) is 80.1 cm³/mol. The molecule has 1 atom stereocenters. The summed E-state index contributed by atoms with van der Waals surface area (Å²) >= 11 is 0. The van der Waals surface area contributed by atoms with Crippen LogP contribution in [0.2, 0.25) is 0 Å². The first-order chi connectivity index (χ1) is 10.3. The third-order valence-electron chi connectivity index (χ3n) is 4.17. The van der Waals surface area contributed by atoms with Gasteiger partial charge in [-0.3, -0.25) is 4.79 Å². The van der Waals surface area contributed by atoms with E-state index in [2.05, 4.69) is 5.32 Å². The van der Waals surface area contributed by atoms with Crippen molar-refractivity contribution in [3.8, 4) is 5.75 Å². The third-order valence-corrected chi connectivity index (χ3v) is 4.17. The van der Waals surface area contributed by atoms with Crippen LogP contribution < -0.4 is 10.1 Å². The highest BCUT2D eigenvalue weighted by Gasteiger charge is 2.33. The summed E-state index contributed by atoms with van der Waals surface area (Å²) in [5.41, 5.74) is 1.15. The van der Waals surface area contributed by atoms with Crippen molar-refractivity contribution in [2.45, 2.75) is 31.7 Å². The van der Waals surface area contributed by atoms with Crippen LogP contribution in [0, 0.1) is 11.8 Å². The molecule has 0 spiro atoms. The van der Waals surface area contributed by atoms with Crippen molar-refractivity contribution in [1.82, 2.24) is 5.32 Å². The van der Waals surface area contributed by atoms with Gasteiger partial charge in [0.25, 0.3) is 0 Å². The zero-order valence-corrected chi connectivity index (χ0v) is 12.5. The molecule has 3 rings (SSSR count). The highest BCUT2D eigenvalue weighted by atomic mass is 16.5. The minimum Gasteiger partial charge on any atom is -0.497 e. The van der Waals surface area contributed by atoms with E-state index in [0.29, 0.717) is 11.8 Å². The highest BCUT2D eigenvalue weighted by Crippen LogP contribution is 2.41. The molecule has 2 aliphatic carbocycles. The Morgan fingerprint density at radius 3 is 2.52 bits per heavy atom. The van der Waals surface area contributed by atoms with Crippen molar-refractivity contribution < 1.29 is 14.3 Å². The molecule has 0 saturated heterocycles. The van der Waals surface area contributed by atoms with Crippen LogP contribution in [-0.4, -0.2) is 26.2 Å². The van der Waals surface area contributed by atoms with Crippen LogP contribution in [0.1, 0.15) is 37.3 Å². The maximum absolute atomic E-state index is 12.0. The quantitative estimate of drug-likeness (QED) is 0.800. The smallest absolute Gasteiger partial charge is 0.246 e. The van der Waals surface area contributed by atoms with E-state index in [1.165, 1.54) is 25.7 Å². The number of carbonyl (C=O) groups excluding carboxylic acids is 1. The van der Waals surface area contributed by atoms with Gasteiger partial charge in [0.2, 0.25) is 5.91 Å². The van der Waals surface area contributed by atoms with Gasteiger partial charge in [-0.2, -0.15) is 0 Å². The van der Waals surface area contributed by atoms with E-state index in [1.54, 1.807) is 7.11 Å². The lowest BCUT2D eigenvalue weighted by molar-refractivity contribution is -0.126. The number of nitrogens with one attached hydrogen (secondary N) is 1. The number of hydrogen-bond donors (Lipinski definition) is 1. The topological polar surface area (TPSA) is 47.6 Å². The third kappa shape index (κ3) is 4.21. The largest absolute Gasteiger partial charge is 0.497 e.